The molecule has 98 valence electrons. The molecule has 0 atom stereocenters. The highest BCUT2D eigenvalue weighted by Gasteiger charge is 2.14. The Morgan fingerprint density at radius 2 is 2.26 bits per heavy atom. The molecule has 2 heterocycles. The van der Waals surface area contributed by atoms with Crippen molar-refractivity contribution in [1.29, 1.82) is 0 Å². The lowest BCUT2D eigenvalue weighted by Gasteiger charge is -2.05. The zero-order valence-electron chi connectivity index (χ0n) is 9.87. The minimum absolute atomic E-state index is 0.0403. The summed E-state index contributed by atoms with van der Waals surface area (Å²) in [4.78, 5) is 15.5. The molecule has 2 aromatic rings. The highest BCUT2D eigenvalue weighted by molar-refractivity contribution is 5.90. The molecule has 0 radical (unpaired) electrons. The van der Waals surface area contributed by atoms with Crippen LogP contribution in [0.15, 0.2) is 24.5 Å². The topological polar surface area (TPSA) is 104 Å². The first-order valence-corrected chi connectivity index (χ1v) is 5.55. The molecule has 0 fully saturated rings. The van der Waals surface area contributed by atoms with Gasteiger partial charge < -0.3 is 20.5 Å². The van der Waals surface area contributed by atoms with Crippen LogP contribution in [-0.2, 0) is 11.3 Å². The number of ether oxygens (including phenoxy) is 2. The van der Waals surface area contributed by atoms with E-state index in [1.807, 2.05) is 0 Å². The van der Waals surface area contributed by atoms with Crippen LogP contribution in [0.2, 0.25) is 0 Å². The highest BCUT2D eigenvalue weighted by Crippen LogP contribution is 2.34. The number of fused-ring (bicyclic) bond motifs is 1. The Morgan fingerprint density at radius 3 is 3.05 bits per heavy atom. The molecule has 1 aliphatic heterocycles. The predicted molar refractivity (Wildman–Crippen MR) is 65.6 cm³/mol. The van der Waals surface area contributed by atoms with Gasteiger partial charge in [-0.2, -0.15) is 0 Å². The van der Waals surface area contributed by atoms with Crippen molar-refractivity contribution >= 4 is 17.5 Å². The molecule has 0 spiro atoms. The lowest BCUT2D eigenvalue weighted by atomic mass is 10.3. The summed E-state index contributed by atoms with van der Waals surface area (Å²) in [5.74, 6) is 1.18. The van der Waals surface area contributed by atoms with E-state index in [2.05, 4.69) is 15.4 Å². The molecule has 0 unspecified atom stereocenters. The van der Waals surface area contributed by atoms with Gasteiger partial charge in [0.1, 0.15) is 12.9 Å². The minimum atomic E-state index is -0.233. The number of nitrogens with two attached hydrogens (primary N) is 1. The second kappa shape index (κ2) is 4.48. The largest absolute Gasteiger partial charge is 0.454 e. The standard InChI is InChI=1S/C11H11N5O3/c12-11-13-5-16(15-11)4-10(17)14-7-1-2-8-9(3-7)19-6-18-8/h1-3,5H,4,6H2,(H2,12,15)(H,14,17). The number of amides is 1. The van der Waals surface area contributed by atoms with Crippen LogP contribution >= 0.6 is 0 Å². The van der Waals surface area contributed by atoms with Gasteiger partial charge in [0.25, 0.3) is 0 Å². The third-order valence-electron chi connectivity index (χ3n) is 2.52. The van der Waals surface area contributed by atoms with Gasteiger partial charge in [0.2, 0.25) is 18.6 Å². The molecule has 8 nitrogen and oxygen atoms in total. The Labute approximate surface area is 108 Å². The molecule has 1 aromatic carbocycles. The Hall–Kier alpha value is -2.77. The van der Waals surface area contributed by atoms with E-state index in [4.69, 9.17) is 15.2 Å². The summed E-state index contributed by atoms with van der Waals surface area (Å²) in [6.07, 6.45) is 1.40. The summed E-state index contributed by atoms with van der Waals surface area (Å²) in [7, 11) is 0. The SMILES string of the molecule is Nc1ncn(CC(=O)Nc2ccc3c(c2)OCO3)n1. The third-order valence-corrected chi connectivity index (χ3v) is 2.52. The number of rotatable bonds is 3. The summed E-state index contributed by atoms with van der Waals surface area (Å²) in [6, 6.07) is 5.18. The van der Waals surface area contributed by atoms with Gasteiger partial charge in [0.05, 0.1) is 0 Å². The van der Waals surface area contributed by atoms with Crippen molar-refractivity contribution in [3.63, 3.8) is 0 Å². The summed E-state index contributed by atoms with van der Waals surface area (Å²) in [5.41, 5.74) is 5.99. The van der Waals surface area contributed by atoms with E-state index in [1.165, 1.54) is 11.0 Å². The normalized spacial score (nSPS) is 12.4. The quantitative estimate of drug-likeness (QED) is 0.819. The Kier molecular flexibility index (Phi) is 2.67. The molecule has 0 aliphatic carbocycles. The van der Waals surface area contributed by atoms with Crippen molar-refractivity contribution in [1.82, 2.24) is 14.8 Å². The second-order valence-corrected chi connectivity index (χ2v) is 3.92. The van der Waals surface area contributed by atoms with Gasteiger partial charge in [-0.3, -0.25) is 4.79 Å². The summed E-state index contributed by atoms with van der Waals surface area (Å²) in [5, 5.41) is 6.55. The van der Waals surface area contributed by atoms with Crippen LogP contribution in [0.5, 0.6) is 11.5 Å². The Bertz CT molecular complexity index is 625. The summed E-state index contributed by atoms with van der Waals surface area (Å²) < 4.78 is 11.8. The van der Waals surface area contributed by atoms with Crippen molar-refractivity contribution in [2.45, 2.75) is 6.54 Å². The van der Waals surface area contributed by atoms with Crippen molar-refractivity contribution in [3.8, 4) is 11.5 Å². The maximum Gasteiger partial charge on any atom is 0.246 e. The summed E-state index contributed by atoms with van der Waals surface area (Å²) >= 11 is 0. The monoisotopic (exact) mass is 261 g/mol. The van der Waals surface area contributed by atoms with E-state index >= 15 is 0 Å². The van der Waals surface area contributed by atoms with Crippen LogP contribution in [0, 0.1) is 0 Å². The average Bonchev–Trinajstić information content (AvgIpc) is 2.97. The molecule has 1 aliphatic rings. The molecule has 19 heavy (non-hydrogen) atoms. The van der Waals surface area contributed by atoms with E-state index in [0.29, 0.717) is 17.2 Å². The maximum atomic E-state index is 11.8. The smallest absolute Gasteiger partial charge is 0.246 e. The molecule has 1 amide bonds. The van der Waals surface area contributed by atoms with Gasteiger partial charge in [0.15, 0.2) is 11.5 Å². The lowest BCUT2D eigenvalue weighted by molar-refractivity contribution is -0.116. The van der Waals surface area contributed by atoms with E-state index in [1.54, 1.807) is 18.2 Å². The van der Waals surface area contributed by atoms with Crippen molar-refractivity contribution in [3.05, 3.63) is 24.5 Å². The lowest BCUT2D eigenvalue weighted by Crippen LogP contribution is -2.19. The molecule has 3 rings (SSSR count). The first-order chi connectivity index (χ1) is 9.20. The van der Waals surface area contributed by atoms with Crippen LogP contribution in [0.25, 0.3) is 0 Å². The van der Waals surface area contributed by atoms with E-state index in [0.717, 1.165) is 0 Å². The molecule has 0 bridgehead atoms. The van der Waals surface area contributed by atoms with Gasteiger partial charge in [-0.05, 0) is 12.1 Å². The van der Waals surface area contributed by atoms with Crippen molar-refractivity contribution in [2.75, 3.05) is 17.8 Å². The second-order valence-electron chi connectivity index (χ2n) is 3.92. The molecule has 3 N–H and O–H groups in total. The fraction of sp³-hybridized carbons (Fsp3) is 0.182. The fourth-order valence-electron chi connectivity index (χ4n) is 1.71. The molecule has 1 aromatic heterocycles. The minimum Gasteiger partial charge on any atom is -0.454 e. The third kappa shape index (κ3) is 2.41. The number of nitrogens with one attached hydrogen (secondary N) is 1. The number of nitrogen functional groups attached to an aromatic ring is 1. The number of aromatic nitrogens is 3. The number of anilines is 2. The fourth-order valence-corrected chi connectivity index (χ4v) is 1.71. The first kappa shape index (κ1) is 11.3. The van der Waals surface area contributed by atoms with Gasteiger partial charge in [-0.1, -0.05) is 0 Å². The van der Waals surface area contributed by atoms with Gasteiger partial charge in [-0.15, -0.1) is 5.10 Å². The molecular weight excluding hydrogens is 250 g/mol. The molecule has 0 saturated heterocycles. The number of benzene rings is 1. The van der Waals surface area contributed by atoms with E-state index in [9.17, 15) is 4.79 Å². The van der Waals surface area contributed by atoms with Crippen LogP contribution in [0.3, 0.4) is 0 Å². The first-order valence-electron chi connectivity index (χ1n) is 5.55. The Morgan fingerprint density at radius 1 is 1.42 bits per heavy atom. The van der Waals surface area contributed by atoms with E-state index < -0.39 is 0 Å². The average molecular weight is 261 g/mol. The van der Waals surface area contributed by atoms with Gasteiger partial charge in [-0.25, -0.2) is 9.67 Å². The maximum absolute atomic E-state index is 11.8. The van der Waals surface area contributed by atoms with Gasteiger partial charge in [0, 0.05) is 11.8 Å². The number of carbonyl (C=O) groups is 1. The number of carbonyl (C=O) groups excluding carboxylic acids is 1. The van der Waals surface area contributed by atoms with Crippen LogP contribution in [0.4, 0.5) is 11.6 Å². The van der Waals surface area contributed by atoms with E-state index in [-0.39, 0.29) is 25.2 Å². The zero-order valence-corrected chi connectivity index (χ0v) is 9.87. The number of hydrogen-bond acceptors (Lipinski definition) is 6. The number of nitrogens with zero attached hydrogens (tertiary/aromatic N) is 3. The number of hydrogen-bond donors (Lipinski definition) is 2. The predicted octanol–water partition coefficient (Wildman–Crippen LogP) is 0.228. The highest BCUT2D eigenvalue weighted by atomic mass is 16.7. The van der Waals surface area contributed by atoms with Crippen LogP contribution in [0.1, 0.15) is 0 Å². The van der Waals surface area contributed by atoms with Crippen LogP contribution < -0.4 is 20.5 Å². The van der Waals surface area contributed by atoms with Gasteiger partial charge >= 0.3 is 0 Å². The molecular formula is C11H11N5O3. The van der Waals surface area contributed by atoms with Crippen LogP contribution in [-0.4, -0.2) is 27.5 Å². The Balaban J connectivity index is 1.66. The summed E-state index contributed by atoms with van der Waals surface area (Å²) in [6.45, 7) is 0.240. The van der Waals surface area contributed by atoms with Crippen molar-refractivity contribution in [2.24, 2.45) is 0 Å². The molecule has 8 heteroatoms. The van der Waals surface area contributed by atoms with Crippen molar-refractivity contribution < 1.29 is 14.3 Å². The molecule has 0 saturated carbocycles. The zero-order chi connectivity index (χ0) is 13.2.